The molecule has 0 radical (unpaired) electrons. The van der Waals surface area contributed by atoms with Crippen molar-refractivity contribution in [3.63, 3.8) is 0 Å². The molecule has 1 aliphatic heterocycles. The van der Waals surface area contributed by atoms with Crippen molar-refractivity contribution in [1.29, 1.82) is 0 Å². The van der Waals surface area contributed by atoms with Gasteiger partial charge in [-0.15, -0.1) is 12.4 Å². The van der Waals surface area contributed by atoms with Crippen LogP contribution in [0.5, 0.6) is 0 Å². The van der Waals surface area contributed by atoms with Gasteiger partial charge >= 0.3 is 6.18 Å². The zero-order valence-corrected chi connectivity index (χ0v) is 13.1. The van der Waals surface area contributed by atoms with Crippen molar-refractivity contribution in [2.75, 3.05) is 18.4 Å². The summed E-state index contributed by atoms with van der Waals surface area (Å²) >= 11 is 0. The van der Waals surface area contributed by atoms with E-state index in [9.17, 15) is 18.0 Å². The van der Waals surface area contributed by atoms with Gasteiger partial charge in [0.15, 0.2) is 0 Å². The predicted octanol–water partition coefficient (Wildman–Crippen LogP) is 3.76. The number of rotatable bonds is 3. The summed E-state index contributed by atoms with van der Waals surface area (Å²) in [6.07, 6.45) is -2.19. The van der Waals surface area contributed by atoms with Crippen LogP contribution in [0.3, 0.4) is 0 Å². The monoisotopic (exact) mass is 336 g/mol. The molecule has 0 saturated carbocycles. The molecule has 1 aliphatic rings. The van der Waals surface area contributed by atoms with E-state index in [1.54, 1.807) is 0 Å². The smallest absolute Gasteiger partial charge is 0.326 e. The Bertz CT molecular complexity index is 514. The number of hydrogen-bond donors (Lipinski definition) is 2. The van der Waals surface area contributed by atoms with Crippen LogP contribution in [0.15, 0.2) is 18.2 Å². The number of benzene rings is 1. The van der Waals surface area contributed by atoms with Gasteiger partial charge in [0.2, 0.25) is 5.91 Å². The van der Waals surface area contributed by atoms with E-state index in [2.05, 4.69) is 10.6 Å². The fourth-order valence-corrected chi connectivity index (χ4v) is 2.57. The first kappa shape index (κ1) is 18.8. The molecule has 0 spiro atoms. The maximum Gasteiger partial charge on any atom is 0.416 e. The molecule has 1 amide bonds. The van der Waals surface area contributed by atoms with Crippen LogP contribution in [-0.4, -0.2) is 19.0 Å². The summed E-state index contributed by atoms with van der Waals surface area (Å²) in [5.74, 6) is 0.0812. The normalized spacial score (nSPS) is 16.0. The zero-order chi connectivity index (χ0) is 15.5. The first-order chi connectivity index (χ1) is 9.86. The van der Waals surface area contributed by atoms with Crippen molar-refractivity contribution in [3.8, 4) is 0 Å². The lowest BCUT2D eigenvalue weighted by molar-refractivity contribution is -0.138. The van der Waals surface area contributed by atoms with Gasteiger partial charge in [0.25, 0.3) is 0 Å². The number of hydrogen-bond acceptors (Lipinski definition) is 2. The lowest BCUT2D eigenvalue weighted by Crippen LogP contribution is -2.30. The molecule has 3 nitrogen and oxygen atoms in total. The van der Waals surface area contributed by atoms with Crippen LogP contribution in [0.25, 0.3) is 0 Å². The number of nitrogens with one attached hydrogen (secondary N) is 2. The molecule has 1 fully saturated rings. The first-order valence-corrected chi connectivity index (χ1v) is 7.04. The van der Waals surface area contributed by atoms with Gasteiger partial charge in [0.1, 0.15) is 0 Å². The van der Waals surface area contributed by atoms with Crippen molar-refractivity contribution >= 4 is 24.0 Å². The first-order valence-electron chi connectivity index (χ1n) is 7.04. The third-order valence-electron chi connectivity index (χ3n) is 3.76. The Morgan fingerprint density at radius 1 is 1.32 bits per heavy atom. The van der Waals surface area contributed by atoms with E-state index in [0.29, 0.717) is 12.3 Å². The summed E-state index contributed by atoms with van der Waals surface area (Å²) in [6, 6.07) is 3.88. The van der Waals surface area contributed by atoms with Gasteiger partial charge in [-0.05, 0) is 56.5 Å². The van der Waals surface area contributed by atoms with Crippen LogP contribution in [0, 0.1) is 12.8 Å². The predicted molar refractivity (Wildman–Crippen MR) is 82.3 cm³/mol. The third kappa shape index (κ3) is 5.18. The Kier molecular flexibility index (Phi) is 6.68. The minimum atomic E-state index is -4.40. The van der Waals surface area contributed by atoms with Crippen molar-refractivity contribution in [3.05, 3.63) is 29.3 Å². The highest BCUT2D eigenvalue weighted by Gasteiger charge is 2.32. The number of amides is 1. The lowest BCUT2D eigenvalue weighted by atomic mass is 9.94. The van der Waals surface area contributed by atoms with E-state index in [0.717, 1.165) is 32.0 Å². The van der Waals surface area contributed by atoms with E-state index >= 15 is 0 Å². The largest absolute Gasteiger partial charge is 0.416 e. The van der Waals surface area contributed by atoms with Gasteiger partial charge in [-0.25, -0.2) is 0 Å². The molecule has 1 saturated heterocycles. The average molecular weight is 337 g/mol. The van der Waals surface area contributed by atoms with Gasteiger partial charge in [0.05, 0.1) is 5.56 Å². The number of anilines is 1. The summed E-state index contributed by atoms with van der Waals surface area (Å²) in [7, 11) is 0. The molecule has 1 aromatic carbocycles. The van der Waals surface area contributed by atoms with Crippen LogP contribution in [0.1, 0.15) is 30.4 Å². The molecule has 0 aromatic heterocycles. The SMILES string of the molecule is Cc1ccc(NC(=O)CC2CCNCC2)cc1C(F)(F)F.Cl. The Morgan fingerprint density at radius 3 is 2.55 bits per heavy atom. The van der Waals surface area contributed by atoms with Gasteiger partial charge in [-0.3, -0.25) is 4.79 Å². The number of piperidine rings is 1. The van der Waals surface area contributed by atoms with Crippen LogP contribution < -0.4 is 10.6 Å². The summed E-state index contributed by atoms with van der Waals surface area (Å²) < 4.78 is 38.5. The Hall–Kier alpha value is -1.27. The lowest BCUT2D eigenvalue weighted by Gasteiger charge is -2.22. The number of halogens is 4. The fraction of sp³-hybridized carbons (Fsp3) is 0.533. The van der Waals surface area contributed by atoms with E-state index in [4.69, 9.17) is 0 Å². The molecule has 2 rings (SSSR count). The summed E-state index contributed by atoms with van der Waals surface area (Å²) in [5.41, 5.74) is -0.354. The number of carbonyl (C=O) groups excluding carboxylic acids is 1. The molecule has 0 aliphatic carbocycles. The maximum absolute atomic E-state index is 12.8. The zero-order valence-electron chi connectivity index (χ0n) is 12.3. The summed E-state index contributed by atoms with van der Waals surface area (Å²) in [4.78, 5) is 11.9. The van der Waals surface area contributed by atoms with Gasteiger partial charge in [-0.1, -0.05) is 6.07 Å². The Labute approximate surface area is 134 Å². The highest BCUT2D eigenvalue weighted by atomic mass is 35.5. The third-order valence-corrected chi connectivity index (χ3v) is 3.76. The highest BCUT2D eigenvalue weighted by Crippen LogP contribution is 2.33. The molecule has 1 heterocycles. The van der Waals surface area contributed by atoms with Crippen LogP contribution in [0.4, 0.5) is 18.9 Å². The fourth-order valence-electron chi connectivity index (χ4n) is 2.57. The summed E-state index contributed by atoms with van der Waals surface area (Å²) in [6.45, 7) is 3.19. The van der Waals surface area contributed by atoms with Crippen molar-refractivity contribution in [1.82, 2.24) is 5.32 Å². The Morgan fingerprint density at radius 2 is 1.95 bits per heavy atom. The molecule has 1 aromatic rings. The van der Waals surface area contributed by atoms with Crippen LogP contribution >= 0.6 is 12.4 Å². The molecule has 2 N–H and O–H groups in total. The number of carbonyl (C=O) groups is 1. The van der Waals surface area contributed by atoms with Crippen molar-refractivity contribution < 1.29 is 18.0 Å². The molecule has 0 unspecified atom stereocenters. The second-order valence-electron chi connectivity index (χ2n) is 5.47. The van der Waals surface area contributed by atoms with Gasteiger partial charge < -0.3 is 10.6 Å². The quantitative estimate of drug-likeness (QED) is 0.882. The Balaban J connectivity index is 0.00000242. The maximum atomic E-state index is 12.8. The minimum absolute atomic E-state index is 0. The number of alkyl halides is 3. The molecule has 7 heteroatoms. The van der Waals surface area contributed by atoms with Crippen LogP contribution in [-0.2, 0) is 11.0 Å². The van der Waals surface area contributed by atoms with Gasteiger partial charge in [-0.2, -0.15) is 13.2 Å². The second kappa shape index (κ2) is 7.83. The molecule has 0 atom stereocenters. The molecule has 0 bridgehead atoms. The number of aryl methyl sites for hydroxylation is 1. The van der Waals surface area contributed by atoms with E-state index in [1.807, 2.05) is 0 Å². The van der Waals surface area contributed by atoms with Crippen LogP contribution in [0.2, 0.25) is 0 Å². The highest BCUT2D eigenvalue weighted by molar-refractivity contribution is 5.91. The van der Waals surface area contributed by atoms with E-state index in [1.165, 1.54) is 19.1 Å². The topological polar surface area (TPSA) is 41.1 Å². The van der Waals surface area contributed by atoms with Crippen molar-refractivity contribution in [2.45, 2.75) is 32.4 Å². The van der Waals surface area contributed by atoms with Gasteiger partial charge in [0, 0.05) is 12.1 Å². The molecule has 22 heavy (non-hydrogen) atoms. The minimum Gasteiger partial charge on any atom is -0.326 e. The summed E-state index contributed by atoms with van der Waals surface area (Å²) in [5, 5.41) is 5.78. The standard InChI is InChI=1S/C15H19F3N2O.ClH/c1-10-2-3-12(9-13(10)15(16,17)18)20-14(21)8-11-4-6-19-7-5-11;/h2-3,9,11,19H,4-8H2,1H3,(H,20,21);1H. The van der Waals surface area contributed by atoms with E-state index < -0.39 is 11.7 Å². The van der Waals surface area contributed by atoms with Crippen molar-refractivity contribution in [2.24, 2.45) is 5.92 Å². The molecular formula is C15H20ClF3N2O. The average Bonchev–Trinajstić information content (AvgIpc) is 2.41. The molecular weight excluding hydrogens is 317 g/mol. The molecule has 124 valence electrons. The second-order valence-corrected chi connectivity index (χ2v) is 5.47. The van der Waals surface area contributed by atoms with E-state index in [-0.39, 0.29) is 29.6 Å².